The van der Waals surface area contributed by atoms with Crippen molar-refractivity contribution in [3.63, 3.8) is 0 Å². The molecule has 2 nitrogen and oxygen atoms in total. The second-order valence-corrected chi connectivity index (χ2v) is 4.48. The van der Waals surface area contributed by atoms with Crippen LogP contribution in [0.15, 0.2) is 18.2 Å². The SMILES string of the molecule is Nc1ccc2c(c1)CN(C1CC1)CC2. The summed E-state index contributed by atoms with van der Waals surface area (Å²) in [6, 6.07) is 7.23. The smallest absolute Gasteiger partial charge is 0.0317 e. The summed E-state index contributed by atoms with van der Waals surface area (Å²) in [5.74, 6) is 0. The molecule has 1 aromatic rings. The van der Waals surface area contributed by atoms with Crippen molar-refractivity contribution >= 4 is 5.69 Å². The maximum absolute atomic E-state index is 5.80. The Balaban J connectivity index is 1.88. The highest BCUT2D eigenvalue weighted by Crippen LogP contribution is 2.31. The van der Waals surface area contributed by atoms with Crippen LogP contribution in [0.2, 0.25) is 0 Å². The fourth-order valence-corrected chi connectivity index (χ4v) is 2.35. The molecule has 1 aromatic carbocycles. The number of anilines is 1. The Morgan fingerprint density at radius 3 is 2.86 bits per heavy atom. The molecule has 0 saturated heterocycles. The van der Waals surface area contributed by atoms with Gasteiger partial charge in [-0.3, -0.25) is 4.90 Å². The second-order valence-electron chi connectivity index (χ2n) is 4.48. The summed E-state index contributed by atoms with van der Waals surface area (Å²) in [5.41, 5.74) is 9.65. The lowest BCUT2D eigenvalue weighted by molar-refractivity contribution is 0.244. The lowest BCUT2D eigenvalue weighted by atomic mass is 9.99. The fraction of sp³-hybridized carbons (Fsp3) is 0.500. The summed E-state index contributed by atoms with van der Waals surface area (Å²) in [4.78, 5) is 2.60. The predicted octanol–water partition coefficient (Wildman–Crippen LogP) is 1.79. The van der Waals surface area contributed by atoms with Gasteiger partial charge in [-0.1, -0.05) is 6.07 Å². The number of benzene rings is 1. The second kappa shape index (κ2) is 2.99. The van der Waals surface area contributed by atoms with E-state index in [-0.39, 0.29) is 0 Å². The van der Waals surface area contributed by atoms with Crippen LogP contribution in [0, 0.1) is 0 Å². The van der Waals surface area contributed by atoms with E-state index in [1.807, 2.05) is 6.07 Å². The molecular formula is C12H16N2. The van der Waals surface area contributed by atoms with Crippen molar-refractivity contribution in [3.8, 4) is 0 Å². The van der Waals surface area contributed by atoms with Crippen molar-refractivity contribution in [2.24, 2.45) is 0 Å². The third kappa shape index (κ3) is 1.40. The summed E-state index contributed by atoms with van der Waals surface area (Å²) >= 11 is 0. The van der Waals surface area contributed by atoms with Gasteiger partial charge in [0.2, 0.25) is 0 Å². The number of fused-ring (bicyclic) bond motifs is 1. The normalized spacial score (nSPS) is 22.0. The molecule has 1 aliphatic heterocycles. The molecule has 1 saturated carbocycles. The van der Waals surface area contributed by atoms with Gasteiger partial charge in [-0.25, -0.2) is 0 Å². The number of rotatable bonds is 1. The molecule has 74 valence electrons. The van der Waals surface area contributed by atoms with E-state index in [0.29, 0.717) is 0 Å². The molecule has 0 atom stereocenters. The predicted molar refractivity (Wildman–Crippen MR) is 58.0 cm³/mol. The monoisotopic (exact) mass is 188 g/mol. The first kappa shape index (κ1) is 8.30. The topological polar surface area (TPSA) is 29.3 Å². The van der Waals surface area contributed by atoms with Gasteiger partial charge < -0.3 is 5.73 Å². The average Bonchev–Trinajstić information content (AvgIpc) is 3.00. The minimum atomic E-state index is 0.879. The number of nitrogen functional groups attached to an aromatic ring is 1. The molecule has 2 aliphatic rings. The maximum Gasteiger partial charge on any atom is 0.0317 e. The Labute approximate surface area is 84.7 Å². The summed E-state index contributed by atoms with van der Waals surface area (Å²) in [5, 5.41) is 0. The standard InChI is InChI=1S/C12H16N2/c13-11-2-1-9-5-6-14(12-3-4-12)8-10(9)7-11/h1-2,7,12H,3-6,8,13H2. The van der Waals surface area contributed by atoms with E-state index in [1.165, 1.54) is 36.9 Å². The third-order valence-corrected chi connectivity index (χ3v) is 3.34. The molecule has 1 heterocycles. The minimum Gasteiger partial charge on any atom is -0.399 e. The van der Waals surface area contributed by atoms with Crippen LogP contribution in [0.1, 0.15) is 24.0 Å². The number of nitrogens with two attached hydrogens (primary N) is 1. The van der Waals surface area contributed by atoms with Gasteiger partial charge in [0.1, 0.15) is 0 Å². The molecule has 2 N–H and O–H groups in total. The van der Waals surface area contributed by atoms with E-state index >= 15 is 0 Å². The zero-order valence-corrected chi connectivity index (χ0v) is 8.37. The molecule has 1 fully saturated rings. The largest absolute Gasteiger partial charge is 0.399 e. The molecule has 0 spiro atoms. The Kier molecular flexibility index (Phi) is 1.77. The van der Waals surface area contributed by atoms with Crippen LogP contribution in [0.4, 0.5) is 5.69 Å². The molecular weight excluding hydrogens is 172 g/mol. The van der Waals surface area contributed by atoms with Crippen LogP contribution in [0.3, 0.4) is 0 Å². The molecule has 2 heteroatoms. The van der Waals surface area contributed by atoms with Gasteiger partial charge in [0.05, 0.1) is 0 Å². The maximum atomic E-state index is 5.80. The van der Waals surface area contributed by atoms with Crippen molar-refractivity contribution in [2.75, 3.05) is 12.3 Å². The van der Waals surface area contributed by atoms with Gasteiger partial charge in [0.25, 0.3) is 0 Å². The molecule has 0 aromatic heterocycles. The van der Waals surface area contributed by atoms with Crippen molar-refractivity contribution < 1.29 is 0 Å². The Morgan fingerprint density at radius 2 is 2.07 bits per heavy atom. The minimum absolute atomic E-state index is 0.879. The van der Waals surface area contributed by atoms with E-state index in [2.05, 4.69) is 17.0 Å². The summed E-state index contributed by atoms with van der Waals surface area (Å²) in [6.07, 6.45) is 4.00. The lowest BCUT2D eigenvalue weighted by Gasteiger charge is -2.28. The number of hydrogen-bond acceptors (Lipinski definition) is 2. The molecule has 0 radical (unpaired) electrons. The number of nitrogens with zero attached hydrogens (tertiary/aromatic N) is 1. The lowest BCUT2D eigenvalue weighted by Crippen LogP contribution is -2.32. The van der Waals surface area contributed by atoms with Crippen LogP contribution in [-0.4, -0.2) is 17.5 Å². The van der Waals surface area contributed by atoms with Crippen LogP contribution < -0.4 is 5.73 Å². The van der Waals surface area contributed by atoms with Crippen molar-refractivity contribution in [2.45, 2.75) is 31.8 Å². The first-order valence-electron chi connectivity index (χ1n) is 5.44. The van der Waals surface area contributed by atoms with E-state index in [0.717, 1.165) is 18.3 Å². The van der Waals surface area contributed by atoms with Gasteiger partial charge in [-0.15, -0.1) is 0 Å². The van der Waals surface area contributed by atoms with Crippen molar-refractivity contribution in [1.29, 1.82) is 0 Å². The van der Waals surface area contributed by atoms with Gasteiger partial charge in [0.15, 0.2) is 0 Å². The summed E-state index contributed by atoms with van der Waals surface area (Å²) < 4.78 is 0. The van der Waals surface area contributed by atoms with Crippen LogP contribution >= 0.6 is 0 Å². The molecule has 14 heavy (non-hydrogen) atoms. The molecule has 0 unspecified atom stereocenters. The van der Waals surface area contributed by atoms with Crippen LogP contribution in [-0.2, 0) is 13.0 Å². The Morgan fingerprint density at radius 1 is 1.21 bits per heavy atom. The van der Waals surface area contributed by atoms with E-state index in [4.69, 9.17) is 5.73 Å². The van der Waals surface area contributed by atoms with E-state index in [1.54, 1.807) is 0 Å². The van der Waals surface area contributed by atoms with Gasteiger partial charge >= 0.3 is 0 Å². The Hall–Kier alpha value is -1.02. The molecule has 1 aliphatic carbocycles. The van der Waals surface area contributed by atoms with Crippen molar-refractivity contribution in [1.82, 2.24) is 4.90 Å². The highest BCUT2D eigenvalue weighted by Gasteiger charge is 2.30. The number of hydrogen-bond donors (Lipinski definition) is 1. The molecule has 3 rings (SSSR count). The summed E-state index contributed by atoms with van der Waals surface area (Å²) in [6.45, 7) is 2.35. The third-order valence-electron chi connectivity index (χ3n) is 3.34. The van der Waals surface area contributed by atoms with Gasteiger partial charge in [-0.05, 0) is 42.5 Å². The fourth-order valence-electron chi connectivity index (χ4n) is 2.35. The van der Waals surface area contributed by atoms with Crippen LogP contribution in [0.5, 0.6) is 0 Å². The highest BCUT2D eigenvalue weighted by molar-refractivity contribution is 5.45. The first-order chi connectivity index (χ1) is 6.83. The Bertz CT molecular complexity index is 355. The summed E-state index contributed by atoms with van der Waals surface area (Å²) in [7, 11) is 0. The average molecular weight is 188 g/mol. The van der Waals surface area contributed by atoms with Crippen molar-refractivity contribution in [3.05, 3.63) is 29.3 Å². The van der Waals surface area contributed by atoms with Crippen LogP contribution in [0.25, 0.3) is 0 Å². The molecule has 0 amide bonds. The van der Waals surface area contributed by atoms with Gasteiger partial charge in [-0.2, -0.15) is 0 Å². The highest BCUT2D eigenvalue weighted by atomic mass is 15.2. The zero-order chi connectivity index (χ0) is 9.54. The van der Waals surface area contributed by atoms with E-state index in [9.17, 15) is 0 Å². The molecule has 0 bridgehead atoms. The first-order valence-corrected chi connectivity index (χ1v) is 5.44. The van der Waals surface area contributed by atoms with E-state index < -0.39 is 0 Å². The quantitative estimate of drug-likeness (QED) is 0.681. The zero-order valence-electron chi connectivity index (χ0n) is 8.37. The van der Waals surface area contributed by atoms with Gasteiger partial charge in [0, 0.05) is 24.8 Å².